The lowest BCUT2D eigenvalue weighted by atomic mass is 10.3. The summed E-state index contributed by atoms with van der Waals surface area (Å²) in [5.74, 6) is -0.220. The van der Waals surface area contributed by atoms with Crippen molar-refractivity contribution in [1.29, 1.82) is 5.26 Å². The van der Waals surface area contributed by atoms with Crippen LogP contribution in [0.1, 0.15) is 5.56 Å². The summed E-state index contributed by atoms with van der Waals surface area (Å²) in [4.78, 5) is 0. The summed E-state index contributed by atoms with van der Waals surface area (Å²) in [6.45, 7) is 1.96. The smallest absolute Gasteiger partial charge is 0.202 e. The minimum Gasteiger partial charge on any atom is -0.857 e. The lowest BCUT2D eigenvalue weighted by Crippen LogP contribution is -2.33. The molecule has 0 bridgehead atoms. The molecular formula is C9H9N3OS. The molecule has 0 aliphatic heterocycles. The summed E-state index contributed by atoms with van der Waals surface area (Å²) >= 11 is 0.888. The normalized spacial score (nSPS) is 11.0. The summed E-state index contributed by atoms with van der Waals surface area (Å²) < 4.78 is 1.44. The summed E-state index contributed by atoms with van der Waals surface area (Å²) in [6.07, 6.45) is 3.40. The Morgan fingerprint density at radius 3 is 2.86 bits per heavy atom. The molecule has 0 saturated heterocycles. The number of pyridine rings is 1. The van der Waals surface area contributed by atoms with Crippen LogP contribution >= 0.6 is 11.8 Å². The third kappa shape index (κ3) is 3.46. The lowest BCUT2D eigenvalue weighted by molar-refractivity contribution is -0.681. The fourth-order valence-corrected chi connectivity index (χ4v) is 1.06. The van der Waals surface area contributed by atoms with Crippen LogP contribution in [0.4, 0.5) is 0 Å². The van der Waals surface area contributed by atoms with Crippen LogP contribution in [-0.2, 0) is 0 Å². The predicted molar refractivity (Wildman–Crippen MR) is 52.3 cm³/mol. The van der Waals surface area contributed by atoms with E-state index in [1.807, 2.05) is 24.5 Å². The molecule has 0 spiro atoms. The summed E-state index contributed by atoms with van der Waals surface area (Å²) in [5, 5.41) is 24.9. The Balaban J connectivity index is 2.67. The second-order valence-electron chi connectivity index (χ2n) is 2.63. The van der Waals surface area contributed by atoms with Crippen molar-refractivity contribution in [2.24, 2.45) is 5.10 Å². The van der Waals surface area contributed by atoms with Gasteiger partial charge in [0.25, 0.3) is 0 Å². The first kappa shape index (κ1) is 10.5. The molecule has 1 heterocycles. The monoisotopic (exact) mass is 207 g/mol. The highest BCUT2D eigenvalue weighted by Crippen LogP contribution is 1.93. The molecule has 1 aromatic heterocycles. The van der Waals surface area contributed by atoms with Gasteiger partial charge in [0.2, 0.25) is 12.4 Å². The fourth-order valence-electron chi connectivity index (χ4n) is 0.811. The van der Waals surface area contributed by atoms with Crippen LogP contribution in [0.5, 0.6) is 0 Å². The molecule has 0 amide bonds. The molecule has 0 radical (unpaired) electrons. The first-order valence-corrected chi connectivity index (χ1v) is 4.94. The van der Waals surface area contributed by atoms with E-state index >= 15 is 0 Å². The van der Waals surface area contributed by atoms with Gasteiger partial charge in [-0.2, -0.15) is 5.26 Å². The standard InChI is InChI=1S/C9H9N3OS/c1-8-2-4-12(5-3-8)11-9(13)6-14-7-10/h2-5H,6H2,1H3. The first-order valence-electron chi connectivity index (χ1n) is 3.96. The van der Waals surface area contributed by atoms with Gasteiger partial charge in [-0.25, -0.2) is 0 Å². The van der Waals surface area contributed by atoms with Gasteiger partial charge in [0.15, 0.2) is 0 Å². The third-order valence-electron chi connectivity index (χ3n) is 1.47. The number of thioether (sulfide) groups is 1. The van der Waals surface area contributed by atoms with Crippen LogP contribution in [0.15, 0.2) is 29.6 Å². The Morgan fingerprint density at radius 2 is 2.29 bits per heavy atom. The van der Waals surface area contributed by atoms with E-state index in [1.165, 1.54) is 4.68 Å². The van der Waals surface area contributed by atoms with E-state index in [0.29, 0.717) is 0 Å². The van der Waals surface area contributed by atoms with Gasteiger partial charge in [-0.15, -0.1) is 0 Å². The zero-order chi connectivity index (χ0) is 10.4. The molecule has 0 fully saturated rings. The van der Waals surface area contributed by atoms with Crippen molar-refractivity contribution in [2.75, 3.05) is 5.75 Å². The minimum atomic E-state index is -0.314. The molecular weight excluding hydrogens is 198 g/mol. The minimum absolute atomic E-state index is 0.0946. The molecule has 0 unspecified atom stereocenters. The Kier molecular flexibility index (Phi) is 3.95. The third-order valence-corrected chi connectivity index (χ3v) is 1.99. The molecule has 0 saturated carbocycles. The molecule has 1 rings (SSSR count). The lowest BCUT2D eigenvalue weighted by Gasteiger charge is -2.01. The van der Waals surface area contributed by atoms with Crippen molar-refractivity contribution >= 4 is 17.7 Å². The number of hydrogen-bond acceptors (Lipinski definition) is 4. The van der Waals surface area contributed by atoms with Crippen molar-refractivity contribution in [3.63, 3.8) is 0 Å². The number of hydrogen-bond donors (Lipinski definition) is 0. The topological polar surface area (TPSA) is 63.1 Å². The van der Waals surface area contributed by atoms with E-state index in [-0.39, 0.29) is 11.7 Å². The van der Waals surface area contributed by atoms with Gasteiger partial charge < -0.3 is 5.11 Å². The number of aromatic nitrogens is 1. The van der Waals surface area contributed by atoms with E-state index < -0.39 is 0 Å². The van der Waals surface area contributed by atoms with Gasteiger partial charge in [-0.3, -0.25) is 0 Å². The average Bonchev–Trinajstić information content (AvgIpc) is 2.18. The molecule has 5 heteroatoms. The largest absolute Gasteiger partial charge is 0.857 e. The van der Waals surface area contributed by atoms with Crippen molar-refractivity contribution in [2.45, 2.75) is 6.92 Å². The fraction of sp³-hybridized carbons (Fsp3) is 0.222. The molecule has 0 aromatic carbocycles. The van der Waals surface area contributed by atoms with E-state index in [9.17, 15) is 5.11 Å². The van der Waals surface area contributed by atoms with Crippen LogP contribution in [0.2, 0.25) is 0 Å². The number of rotatable bonds is 3. The SMILES string of the molecule is Cc1cc[n+](/N=C(/[O-])CSC#N)cc1. The first-order chi connectivity index (χ1) is 6.72. The molecule has 14 heavy (non-hydrogen) atoms. The molecule has 4 nitrogen and oxygen atoms in total. The van der Waals surface area contributed by atoms with Crippen molar-refractivity contribution < 1.29 is 9.78 Å². The molecule has 0 aliphatic rings. The Bertz CT molecular complexity index is 367. The number of aryl methyl sites for hydroxylation is 1. The van der Waals surface area contributed by atoms with Gasteiger partial charge in [0.05, 0.1) is 0 Å². The van der Waals surface area contributed by atoms with E-state index in [2.05, 4.69) is 5.10 Å². The molecule has 0 atom stereocenters. The zero-order valence-electron chi connectivity index (χ0n) is 7.67. The summed E-state index contributed by atoms with van der Waals surface area (Å²) in [5.41, 5.74) is 1.11. The van der Waals surface area contributed by atoms with E-state index in [1.54, 1.807) is 12.4 Å². The molecule has 0 aliphatic carbocycles. The summed E-state index contributed by atoms with van der Waals surface area (Å²) in [7, 11) is 0. The van der Waals surface area contributed by atoms with Gasteiger partial charge in [0, 0.05) is 23.8 Å². The van der Waals surface area contributed by atoms with Crippen LogP contribution in [0, 0.1) is 17.6 Å². The van der Waals surface area contributed by atoms with Crippen LogP contribution in [0.3, 0.4) is 0 Å². The van der Waals surface area contributed by atoms with Gasteiger partial charge in [-0.1, -0.05) is 4.68 Å². The highest BCUT2D eigenvalue weighted by Gasteiger charge is 1.96. The quantitative estimate of drug-likeness (QED) is 0.304. The van der Waals surface area contributed by atoms with E-state index in [0.717, 1.165) is 17.3 Å². The molecule has 1 aromatic rings. The number of nitrogens with zero attached hydrogens (tertiary/aromatic N) is 3. The second kappa shape index (κ2) is 5.25. The maximum atomic E-state index is 11.1. The maximum Gasteiger partial charge on any atom is 0.202 e. The Morgan fingerprint density at radius 1 is 1.64 bits per heavy atom. The van der Waals surface area contributed by atoms with Crippen LogP contribution in [-0.4, -0.2) is 11.7 Å². The molecule has 0 N–H and O–H groups in total. The second-order valence-corrected chi connectivity index (χ2v) is 3.39. The van der Waals surface area contributed by atoms with E-state index in [4.69, 9.17) is 5.26 Å². The predicted octanol–water partition coefficient (Wildman–Crippen LogP) is 0.0187. The highest BCUT2D eigenvalue weighted by molar-refractivity contribution is 8.04. The number of thiocyanates is 1. The van der Waals surface area contributed by atoms with Gasteiger partial charge in [-0.05, 0) is 29.4 Å². The molecule has 72 valence electrons. The zero-order valence-corrected chi connectivity index (χ0v) is 8.49. The average molecular weight is 207 g/mol. The van der Waals surface area contributed by atoms with Crippen molar-refractivity contribution in [1.82, 2.24) is 0 Å². The van der Waals surface area contributed by atoms with Crippen LogP contribution in [0.25, 0.3) is 0 Å². The van der Waals surface area contributed by atoms with Crippen molar-refractivity contribution in [3.8, 4) is 5.40 Å². The van der Waals surface area contributed by atoms with Crippen molar-refractivity contribution in [3.05, 3.63) is 30.1 Å². The Labute approximate surface area is 86.5 Å². The maximum absolute atomic E-state index is 11.1. The highest BCUT2D eigenvalue weighted by atomic mass is 32.2. The number of nitriles is 1. The van der Waals surface area contributed by atoms with Crippen LogP contribution < -0.4 is 9.78 Å². The Hall–Kier alpha value is -1.54. The van der Waals surface area contributed by atoms with Gasteiger partial charge in [0.1, 0.15) is 5.40 Å². The summed E-state index contributed by atoms with van der Waals surface area (Å²) in [6, 6.07) is 3.71. The van der Waals surface area contributed by atoms with Gasteiger partial charge >= 0.3 is 0 Å².